The molecule has 96 valence electrons. The van der Waals surface area contributed by atoms with E-state index in [1.165, 1.54) is 5.56 Å². The third-order valence-corrected chi connectivity index (χ3v) is 3.29. The highest BCUT2D eigenvalue weighted by molar-refractivity contribution is 9.10. The molecule has 0 saturated carbocycles. The zero-order valence-corrected chi connectivity index (χ0v) is 11.9. The van der Waals surface area contributed by atoms with Crippen LogP contribution in [0, 0.1) is 0 Å². The SMILES string of the molecule is CCCN(CCO)C(CN)c1cccc(Br)c1. The molecule has 0 spiro atoms. The fraction of sp³-hybridized carbons (Fsp3) is 0.538. The molecule has 0 fully saturated rings. The van der Waals surface area contributed by atoms with Crippen LogP contribution in [0.25, 0.3) is 0 Å². The fourth-order valence-electron chi connectivity index (χ4n) is 2.05. The van der Waals surface area contributed by atoms with E-state index in [-0.39, 0.29) is 12.6 Å². The zero-order chi connectivity index (χ0) is 12.7. The molecule has 0 radical (unpaired) electrons. The lowest BCUT2D eigenvalue weighted by molar-refractivity contribution is 0.153. The largest absolute Gasteiger partial charge is 0.395 e. The Hall–Kier alpha value is -0.420. The smallest absolute Gasteiger partial charge is 0.0558 e. The Balaban J connectivity index is 2.87. The third-order valence-electron chi connectivity index (χ3n) is 2.80. The number of aliphatic hydroxyl groups excluding tert-OH is 1. The lowest BCUT2D eigenvalue weighted by Gasteiger charge is -2.30. The number of aliphatic hydroxyl groups is 1. The maximum atomic E-state index is 9.12. The highest BCUT2D eigenvalue weighted by Crippen LogP contribution is 2.22. The van der Waals surface area contributed by atoms with Crippen molar-refractivity contribution in [1.29, 1.82) is 0 Å². The van der Waals surface area contributed by atoms with Crippen LogP contribution < -0.4 is 5.73 Å². The molecule has 1 aromatic rings. The molecule has 0 aliphatic carbocycles. The van der Waals surface area contributed by atoms with Gasteiger partial charge in [-0.1, -0.05) is 35.0 Å². The Bertz CT molecular complexity index is 327. The number of hydrogen-bond acceptors (Lipinski definition) is 3. The van der Waals surface area contributed by atoms with Gasteiger partial charge in [0, 0.05) is 23.6 Å². The van der Waals surface area contributed by atoms with Gasteiger partial charge in [0.1, 0.15) is 0 Å². The van der Waals surface area contributed by atoms with Gasteiger partial charge in [0.2, 0.25) is 0 Å². The summed E-state index contributed by atoms with van der Waals surface area (Å²) in [5.74, 6) is 0. The lowest BCUT2D eigenvalue weighted by atomic mass is 10.1. The molecule has 1 rings (SSSR count). The minimum atomic E-state index is 0.171. The molecule has 3 N–H and O–H groups in total. The predicted octanol–water partition coefficient (Wildman–Crippen LogP) is 2.15. The van der Waals surface area contributed by atoms with E-state index in [1.807, 2.05) is 12.1 Å². The summed E-state index contributed by atoms with van der Waals surface area (Å²) in [6.45, 7) is 4.50. The van der Waals surface area contributed by atoms with E-state index in [0.29, 0.717) is 13.1 Å². The zero-order valence-electron chi connectivity index (χ0n) is 10.3. The van der Waals surface area contributed by atoms with Crippen LogP contribution in [0.4, 0.5) is 0 Å². The van der Waals surface area contributed by atoms with Gasteiger partial charge >= 0.3 is 0 Å². The van der Waals surface area contributed by atoms with Gasteiger partial charge < -0.3 is 10.8 Å². The summed E-state index contributed by atoms with van der Waals surface area (Å²) >= 11 is 3.48. The van der Waals surface area contributed by atoms with Crippen molar-refractivity contribution in [3.05, 3.63) is 34.3 Å². The molecule has 3 nitrogen and oxygen atoms in total. The number of nitrogens with two attached hydrogens (primary N) is 1. The van der Waals surface area contributed by atoms with E-state index in [0.717, 1.165) is 17.4 Å². The lowest BCUT2D eigenvalue weighted by Crippen LogP contribution is -2.36. The Morgan fingerprint density at radius 1 is 1.41 bits per heavy atom. The highest BCUT2D eigenvalue weighted by Gasteiger charge is 2.17. The van der Waals surface area contributed by atoms with Crippen molar-refractivity contribution in [2.75, 3.05) is 26.2 Å². The summed E-state index contributed by atoms with van der Waals surface area (Å²) in [6.07, 6.45) is 1.06. The van der Waals surface area contributed by atoms with E-state index in [1.54, 1.807) is 0 Å². The second-order valence-corrected chi connectivity index (χ2v) is 4.98. The van der Waals surface area contributed by atoms with Gasteiger partial charge in [-0.15, -0.1) is 0 Å². The van der Waals surface area contributed by atoms with Crippen LogP contribution in [-0.4, -0.2) is 36.2 Å². The Kier molecular flexibility index (Phi) is 6.73. The second-order valence-electron chi connectivity index (χ2n) is 4.07. The van der Waals surface area contributed by atoms with E-state index in [2.05, 4.69) is 39.9 Å². The average molecular weight is 301 g/mol. The molecular weight excluding hydrogens is 280 g/mol. The van der Waals surface area contributed by atoms with Gasteiger partial charge in [0.15, 0.2) is 0 Å². The Morgan fingerprint density at radius 2 is 2.18 bits per heavy atom. The number of benzene rings is 1. The minimum absolute atomic E-state index is 0.171. The minimum Gasteiger partial charge on any atom is -0.395 e. The number of rotatable bonds is 7. The van der Waals surface area contributed by atoms with Crippen molar-refractivity contribution in [3.8, 4) is 0 Å². The molecule has 4 heteroatoms. The van der Waals surface area contributed by atoms with E-state index in [4.69, 9.17) is 10.8 Å². The Labute approximate surface area is 112 Å². The van der Waals surface area contributed by atoms with Crippen molar-refractivity contribution in [1.82, 2.24) is 4.90 Å². The quantitative estimate of drug-likeness (QED) is 0.811. The number of hydrogen-bond donors (Lipinski definition) is 2. The standard InChI is InChI=1S/C13H21BrN2O/c1-2-6-16(7-8-17)13(10-15)11-4-3-5-12(14)9-11/h3-5,9,13,17H,2,6-8,10,15H2,1H3. The first-order chi connectivity index (χ1) is 8.22. The molecule has 1 aromatic carbocycles. The van der Waals surface area contributed by atoms with Crippen LogP contribution >= 0.6 is 15.9 Å². The van der Waals surface area contributed by atoms with Crippen LogP contribution in [0.3, 0.4) is 0 Å². The number of halogens is 1. The molecule has 0 aromatic heterocycles. The molecule has 1 atom stereocenters. The number of nitrogens with zero attached hydrogens (tertiary/aromatic N) is 1. The molecule has 0 amide bonds. The second kappa shape index (κ2) is 7.82. The van der Waals surface area contributed by atoms with Crippen LogP contribution in [-0.2, 0) is 0 Å². The van der Waals surface area contributed by atoms with Crippen LogP contribution in [0.5, 0.6) is 0 Å². The van der Waals surface area contributed by atoms with Gasteiger partial charge in [-0.05, 0) is 30.7 Å². The summed E-state index contributed by atoms with van der Waals surface area (Å²) in [5, 5.41) is 9.12. The van der Waals surface area contributed by atoms with Crippen LogP contribution in [0.1, 0.15) is 24.9 Å². The normalized spacial score (nSPS) is 13.0. The third kappa shape index (κ3) is 4.39. The van der Waals surface area contributed by atoms with Crippen molar-refractivity contribution < 1.29 is 5.11 Å². The molecular formula is C13H21BrN2O. The molecule has 0 aliphatic heterocycles. The first kappa shape index (κ1) is 14.6. The molecule has 1 unspecified atom stereocenters. The molecule has 0 heterocycles. The van der Waals surface area contributed by atoms with Gasteiger partial charge in [-0.2, -0.15) is 0 Å². The summed E-state index contributed by atoms with van der Waals surface area (Å²) in [7, 11) is 0. The summed E-state index contributed by atoms with van der Waals surface area (Å²) < 4.78 is 1.06. The van der Waals surface area contributed by atoms with Gasteiger partial charge in [-0.3, -0.25) is 4.90 Å². The van der Waals surface area contributed by atoms with Crippen molar-refractivity contribution >= 4 is 15.9 Å². The van der Waals surface area contributed by atoms with Gasteiger partial charge in [-0.25, -0.2) is 0 Å². The molecule has 0 saturated heterocycles. The molecule has 17 heavy (non-hydrogen) atoms. The fourth-order valence-corrected chi connectivity index (χ4v) is 2.47. The van der Waals surface area contributed by atoms with Gasteiger partial charge in [0.25, 0.3) is 0 Å². The Morgan fingerprint density at radius 3 is 2.71 bits per heavy atom. The maximum Gasteiger partial charge on any atom is 0.0558 e. The monoisotopic (exact) mass is 300 g/mol. The van der Waals surface area contributed by atoms with Crippen molar-refractivity contribution in [3.63, 3.8) is 0 Å². The van der Waals surface area contributed by atoms with E-state index in [9.17, 15) is 0 Å². The van der Waals surface area contributed by atoms with Gasteiger partial charge in [0.05, 0.1) is 6.61 Å². The highest BCUT2D eigenvalue weighted by atomic mass is 79.9. The summed E-state index contributed by atoms with van der Waals surface area (Å²) in [4.78, 5) is 2.24. The predicted molar refractivity (Wildman–Crippen MR) is 74.9 cm³/mol. The van der Waals surface area contributed by atoms with E-state index < -0.39 is 0 Å². The van der Waals surface area contributed by atoms with Crippen molar-refractivity contribution in [2.45, 2.75) is 19.4 Å². The van der Waals surface area contributed by atoms with E-state index >= 15 is 0 Å². The van der Waals surface area contributed by atoms with Crippen LogP contribution in [0.15, 0.2) is 28.7 Å². The summed E-state index contributed by atoms with van der Waals surface area (Å²) in [6, 6.07) is 8.39. The van der Waals surface area contributed by atoms with Crippen LogP contribution in [0.2, 0.25) is 0 Å². The molecule has 0 bridgehead atoms. The first-order valence-corrected chi connectivity index (χ1v) is 6.82. The molecule has 0 aliphatic rings. The summed E-state index contributed by atoms with van der Waals surface area (Å²) in [5.41, 5.74) is 7.08. The maximum absolute atomic E-state index is 9.12. The average Bonchev–Trinajstić information content (AvgIpc) is 2.31. The topological polar surface area (TPSA) is 49.5 Å². The first-order valence-electron chi connectivity index (χ1n) is 6.03. The van der Waals surface area contributed by atoms with Crippen molar-refractivity contribution in [2.24, 2.45) is 5.73 Å².